The van der Waals surface area contributed by atoms with Crippen LogP contribution >= 0.6 is 0 Å². The molecular formula is C21H21FN4O3. The number of aromatic nitrogens is 3. The Morgan fingerprint density at radius 3 is 2.93 bits per heavy atom. The largest absolute Gasteiger partial charge is 0.494 e. The minimum absolute atomic E-state index is 0.206. The molecule has 0 bridgehead atoms. The van der Waals surface area contributed by atoms with Crippen molar-refractivity contribution >= 4 is 5.91 Å². The molecular weight excluding hydrogens is 375 g/mol. The molecule has 29 heavy (non-hydrogen) atoms. The van der Waals surface area contributed by atoms with Crippen molar-refractivity contribution in [3.63, 3.8) is 0 Å². The van der Waals surface area contributed by atoms with Gasteiger partial charge in [-0.1, -0.05) is 29.5 Å². The fourth-order valence-electron chi connectivity index (χ4n) is 3.25. The van der Waals surface area contributed by atoms with E-state index in [9.17, 15) is 9.18 Å². The summed E-state index contributed by atoms with van der Waals surface area (Å²) in [7, 11) is 0. The van der Waals surface area contributed by atoms with E-state index in [1.54, 1.807) is 16.8 Å². The first kappa shape index (κ1) is 19.1. The summed E-state index contributed by atoms with van der Waals surface area (Å²) in [5, 5.41) is 11.0. The highest BCUT2D eigenvalue weighted by Crippen LogP contribution is 2.27. The fraction of sp³-hybridized carbons (Fsp3) is 0.286. The predicted molar refractivity (Wildman–Crippen MR) is 103 cm³/mol. The van der Waals surface area contributed by atoms with Crippen molar-refractivity contribution in [3.05, 3.63) is 76.9 Å². The molecule has 1 aliphatic rings. The highest BCUT2D eigenvalue weighted by molar-refractivity contribution is 5.93. The standard InChI is InChI=1S/C21H21FN4O3/c1-2-28-17-5-3-4-14(10-17)11-23-21(27)20-18-13-29-19(12-26(18)25-24-20)15-6-8-16(22)9-7-15/h3-10,19H,2,11-13H2,1H3,(H,23,27)/t19-/m1/s1. The van der Waals surface area contributed by atoms with Crippen molar-refractivity contribution in [3.8, 4) is 5.75 Å². The van der Waals surface area contributed by atoms with Gasteiger partial charge in [0.05, 0.1) is 25.5 Å². The minimum atomic E-state index is -0.308. The Kier molecular flexibility index (Phi) is 5.53. The van der Waals surface area contributed by atoms with Crippen LogP contribution in [0.4, 0.5) is 4.39 Å². The molecule has 2 aromatic carbocycles. The molecule has 7 nitrogen and oxygen atoms in total. The Labute approximate surface area is 167 Å². The second-order valence-electron chi connectivity index (χ2n) is 6.68. The lowest BCUT2D eigenvalue weighted by molar-refractivity contribution is -0.00180. The summed E-state index contributed by atoms with van der Waals surface area (Å²) in [6.07, 6.45) is -0.262. The first-order chi connectivity index (χ1) is 14.1. The van der Waals surface area contributed by atoms with Gasteiger partial charge in [-0.25, -0.2) is 9.07 Å². The highest BCUT2D eigenvalue weighted by atomic mass is 19.1. The lowest BCUT2D eigenvalue weighted by Crippen LogP contribution is -2.27. The Morgan fingerprint density at radius 1 is 1.31 bits per heavy atom. The number of nitrogens with zero attached hydrogens (tertiary/aromatic N) is 3. The number of amides is 1. The van der Waals surface area contributed by atoms with E-state index in [2.05, 4.69) is 15.6 Å². The van der Waals surface area contributed by atoms with Crippen LogP contribution in [0.3, 0.4) is 0 Å². The normalized spacial score (nSPS) is 15.6. The second-order valence-corrected chi connectivity index (χ2v) is 6.68. The maximum atomic E-state index is 13.1. The lowest BCUT2D eigenvalue weighted by atomic mass is 10.1. The molecule has 150 valence electrons. The average Bonchev–Trinajstić information content (AvgIpc) is 3.16. The van der Waals surface area contributed by atoms with Crippen molar-refractivity contribution in [2.75, 3.05) is 6.61 Å². The third-order valence-electron chi connectivity index (χ3n) is 4.72. The van der Waals surface area contributed by atoms with Gasteiger partial charge in [0.15, 0.2) is 5.69 Å². The number of rotatable bonds is 6. The van der Waals surface area contributed by atoms with Gasteiger partial charge in [0, 0.05) is 6.54 Å². The number of carbonyl (C=O) groups excluding carboxylic acids is 1. The zero-order valence-electron chi connectivity index (χ0n) is 16.0. The topological polar surface area (TPSA) is 78.3 Å². The second kappa shape index (κ2) is 8.40. The minimum Gasteiger partial charge on any atom is -0.494 e. The number of hydrogen-bond acceptors (Lipinski definition) is 5. The van der Waals surface area contributed by atoms with Gasteiger partial charge >= 0.3 is 0 Å². The molecule has 1 atom stereocenters. The van der Waals surface area contributed by atoms with Crippen LogP contribution in [0.15, 0.2) is 48.5 Å². The molecule has 0 unspecified atom stereocenters. The summed E-state index contributed by atoms with van der Waals surface area (Å²) in [4.78, 5) is 12.6. The smallest absolute Gasteiger partial charge is 0.274 e. The Morgan fingerprint density at radius 2 is 2.14 bits per heavy atom. The predicted octanol–water partition coefficient (Wildman–Crippen LogP) is 3.02. The monoisotopic (exact) mass is 396 g/mol. The maximum absolute atomic E-state index is 13.1. The number of halogens is 1. The first-order valence-electron chi connectivity index (χ1n) is 9.43. The van der Waals surface area contributed by atoms with Crippen LogP contribution in [-0.4, -0.2) is 27.5 Å². The fourth-order valence-corrected chi connectivity index (χ4v) is 3.25. The van der Waals surface area contributed by atoms with Gasteiger partial charge in [0.1, 0.15) is 17.7 Å². The zero-order chi connectivity index (χ0) is 20.2. The molecule has 1 aromatic heterocycles. The maximum Gasteiger partial charge on any atom is 0.274 e. The molecule has 1 amide bonds. The third kappa shape index (κ3) is 4.27. The molecule has 1 N–H and O–H groups in total. The number of ether oxygens (including phenoxy) is 2. The van der Waals surface area contributed by atoms with E-state index in [4.69, 9.17) is 9.47 Å². The van der Waals surface area contributed by atoms with Gasteiger partial charge in [-0.15, -0.1) is 5.10 Å². The average molecular weight is 396 g/mol. The molecule has 8 heteroatoms. The van der Waals surface area contributed by atoms with Gasteiger partial charge < -0.3 is 14.8 Å². The van der Waals surface area contributed by atoms with E-state index in [-0.39, 0.29) is 30.1 Å². The third-order valence-corrected chi connectivity index (χ3v) is 4.72. The van der Waals surface area contributed by atoms with Gasteiger partial charge in [0.2, 0.25) is 0 Å². The van der Waals surface area contributed by atoms with E-state index in [0.29, 0.717) is 25.4 Å². The number of fused-ring (bicyclic) bond motifs is 1. The van der Waals surface area contributed by atoms with Gasteiger partial charge in [-0.05, 0) is 42.3 Å². The highest BCUT2D eigenvalue weighted by Gasteiger charge is 2.27. The molecule has 0 fully saturated rings. The number of carbonyl (C=O) groups is 1. The van der Waals surface area contributed by atoms with Crippen LogP contribution in [0.1, 0.15) is 40.3 Å². The summed E-state index contributed by atoms with van der Waals surface area (Å²) >= 11 is 0. The molecule has 1 aliphatic heterocycles. The van der Waals surface area contributed by atoms with Gasteiger partial charge in [-0.3, -0.25) is 4.79 Å². The number of nitrogens with one attached hydrogen (secondary N) is 1. The van der Waals surface area contributed by atoms with Crippen molar-refractivity contribution in [1.82, 2.24) is 20.3 Å². The Hall–Kier alpha value is -3.26. The van der Waals surface area contributed by atoms with E-state index in [1.165, 1.54) is 12.1 Å². The van der Waals surface area contributed by atoms with Crippen LogP contribution in [0, 0.1) is 5.82 Å². The van der Waals surface area contributed by atoms with Gasteiger partial charge in [0.25, 0.3) is 5.91 Å². The molecule has 2 heterocycles. The van der Waals surface area contributed by atoms with Crippen molar-refractivity contribution in [1.29, 1.82) is 0 Å². The molecule has 0 saturated carbocycles. The summed E-state index contributed by atoms with van der Waals surface area (Å²) in [6, 6.07) is 13.7. The molecule has 0 saturated heterocycles. The zero-order valence-corrected chi connectivity index (χ0v) is 16.0. The van der Waals surface area contributed by atoms with Crippen molar-refractivity contribution in [2.24, 2.45) is 0 Å². The van der Waals surface area contributed by atoms with Crippen LogP contribution in [0.5, 0.6) is 5.75 Å². The lowest BCUT2D eigenvalue weighted by Gasteiger charge is -2.24. The summed E-state index contributed by atoms with van der Waals surface area (Å²) in [5.74, 6) is 0.161. The van der Waals surface area contributed by atoms with E-state index in [1.807, 2.05) is 31.2 Å². The van der Waals surface area contributed by atoms with Crippen molar-refractivity contribution in [2.45, 2.75) is 32.7 Å². The molecule has 4 rings (SSSR count). The first-order valence-corrected chi connectivity index (χ1v) is 9.43. The van der Waals surface area contributed by atoms with E-state index >= 15 is 0 Å². The number of benzene rings is 2. The summed E-state index contributed by atoms with van der Waals surface area (Å²) in [6.45, 7) is 3.48. The Bertz CT molecular complexity index is 1000. The quantitative estimate of drug-likeness (QED) is 0.693. The number of hydrogen-bond donors (Lipinski definition) is 1. The molecule has 3 aromatic rings. The van der Waals surface area contributed by atoms with Crippen LogP contribution in [0.2, 0.25) is 0 Å². The SMILES string of the molecule is CCOc1cccc(CNC(=O)c2nnn3c2CO[C@@H](c2ccc(F)cc2)C3)c1. The summed E-state index contributed by atoms with van der Waals surface area (Å²) in [5.41, 5.74) is 2.66. The Balaban J connectivity index is 1.41. The summed E-state index contributed by atoms with van der Waals surface area (Å²) < 4.78 is 26.1. The molecule has 0 aliphatic carbocycles. The molecule has 0 spiro atoms. The van der Waals surface area contributed by atoms with Crippen molar-refractivity contribution < 1.29 is 18.7 Å². The van der Waals surface area contributed by atoms with E-state index < -0.39 is 0 Å². The van der Waals surface area contributed by atoms with Crippen LogP contribution < -0.4 is 10.1 Å². The van der Waals surface area contributed by atoms with E-state index in [0.717, 1.165) is 16.9 Å². The van der Waals surface area contributed by atoms with Gasteiger partial charge in [-0.2, -0.15) is 0 Å². The molecule has 0 radical (unpaired) electrons. The van der Waals surface area contributed by atoms with Crippen LogP contribution in [0.25, 0.3) is 0 Å². The van der Waals surface area contributed by atoms with Crippen LogP contribution in [-0.2, 0) is 24.4 Å².